The van der Waals surface area contributed by atoms with Gasteiger partial charge in [-0.3, -0.25) is 14.4 Å². The third-order valence-electron chi connectivity index (χ3n) is 3.94. The van der Waals surface area contributed by atoms with Crippen LogP contribution in [0.2, 0.25) is 4.34 Å². The lowest BCUT2D eigenvalue weighted by atomic mass is 10.1. The lowest BCUT2D eigenvalue weighted by Gasteiger charge is -2.11. The van der Waals surface area contributed by atoms with Crippen LogP contribution in [0.5, 0.6) is 0 Å². The SMILES string of the molecule is CC(OC(=O)CCC(=O)c1ccc(Cl)s1)C(=O)c1c[nH]c2ccccc12. The molecule has 0 aliphatic heterocycles. The number of hydrogen-bond acceptors (Lipinski definition) is 5. The Morgan fingerprint density at radius 3 is 2.65 bits per heavy atom. The summed E-state index contributed by atoms with van der Waals surface area (Å²) in [4.78, 5) is 40.0. The molecule has 1 aromatic carbocycles. The highest BCUT2D eigenvalue weighted by atomic mass is 35.5. The van der Waals surface area contributed by atoms with Crippen LogP contribution in [0.4, 0.5) is 0 Å². The van der Waals surface area contributed by atoms with E-state index < -0.39 is 12.1 Å². The second kappa shape index (κ2) is 7.85. The first-order chi connectivity index (χ1) is 12.5. The molecule has 134 valence electrons. The molecule has 2 aromatic heterocycles. The number of Topliss-reactive ketones (excluding diaryl/α,β-unsaturated/α-hetero) is 2. The second-order valence-electron chi connectivity index (χ2n) is 5.77. The number of thiophene rings is 1. The molecule has 0 radical (unpaired) electrons. The number of fused-ring (bicyclic) bond motifs is 1. The van der Waals surface area contributed by atoms with Crippen LogP contribution in [0.3, 0.4) is 0 Å². The number of halogens is 1. The number of hydrogen-bond donors (Lipinski definition) is 1. The Balaban J connectivity index is 1.57. The van der Waals surface area contributed by atoms with Gasteiger partial charge in [0, 0.05) is 29.1 Å². The highest BCUT2D eigenvalue weighted by Crippen LogP contribution is 2.23. The Morgan fingerprint density at radius 2 is 1.92 bits per heavy atom. The highest BCUT2D eigenvalue weighted by Gasteiger charge is 2.22. The largest absolute Gasteiger partial charge is 0.454 e. The maximum absolute atomic E-state index is 12.5. The number of nitrogens with one attached hydrogen (secondary N) is 1. The van der Waals surface area contributed by atoms with Gasteiger partial charge in [0.2, 0.25) is 5.78 Å². The first kappa shape index (κ1) is 18.4. The number of rotatable bonds is 7. The smallest absolute Gasteiger partial charge is 0.306 e. The van der Waals surface area contributed by atoms with Crippen molar-refractivity contribution in [3.63, 3.8) is 0 Å². The molecule has 0 spiro atoms. The van der Waals surface area contributed by atoms with Gasteiger partial charge in [-0.25, -0.2) is 0 Å². The normalized spacial score (nSPS) is 12.1. The molecule has 7 heteroatoms. The molecular weight excluding hydrogens is 374 g/mol. The molecule has 0 amide bonds. The van der Waals surface area contributed by atoms with E-state index in [1.54, 1.807) is 18.3 Å². The zero-order valence-corrected chi connectivity index (χ0v) is 15.5. The van der Waals surface area contributed by atoms with Crippen molar-refractivity contribution >= 4 is 51.4 Å². The molecule has 3 rings (SSSR count). The predicted molar refractivity (Wildman–Crippen MR) is 101 cm³/mol. The number of aromatic amines is 1. The molecule has 0 fully saturated rings. The van der Waals surface area contributed by atoms with Crippen molar-refractivity contribution in [1.82, 2.24) is 4.98 Å². The van der Waals surface area contributed by atoms with E-state index in [4.69, 9.17) is 16.3 Å². The average Bonchev–Trinajstić information content (AvgIpc) is 3.25. The summed E-state index contributed by atoms with van der Waals surface area (Å²) in [6, 6.07) is 10.7. The minimum Gasteiger partial charge on any atom is -0.454 e. The maximum atomic E-state index is 12.5. The predicted octanol–water partition coefficient (Wildman–Crippen LogP) is 4.66. The minimum atomic E-state index is -0.923. The molecule has 5 nitrogen and oxygen atoms in total. The average molecular weight is 390 g/mol. The minimum absolute atomic E-state index is 0.0175. The van der Waals surface area contributed by atoms with E-state index in [1.165, 1.54) is 18.3 Å². The van der Waals surface area contributed by atoms with E-state index in [0.29, 0.717) is 14.8 Å². The summed E-state index contributed by atoms with van der Waals surface area (Å²) < 4.78 is 5.72. The van der Waals surface area contributed by atoms with Crippen molar-refractivity contribution in [2.24, 2.45) is 0 Å². The van der Waals surface area contributed by atoms with E-state index in [9.17, 15) is 14.4 Å². The van der Waals surface area contributed by atoms with Gasteiger partial charge in [-0.05, 0) is 25.1 Å². The van der Waals surface area contributed by atoms with Gasteiger partial charge in [0.15, 0.2) is 11.9 Å². The summed E-state index contributed by atoms with van der Waals surface area (Å²) in [7, 11) is 0. The molecule has 1 atom stereocenters. The topological polar surface area (TPSA) is 76.2 Å². The second-order valence-corrected chi connectivity index (χ2v) is 7.49. The molecule has 3 aromatic rings. The van der Waals surface area contributed by atoms with Crippen LogP contribution in [0.1, 0.15) is 39.8 Å². The number of carbonyl (C=O) groups is 3. The van der Waals surface area contributed by atoms with E-state index >= 15 is 0 Å². The third kappa shape index (κ3) is 4.03. The summed E-state index contributed by atoms with van der Waals surface area (Å²) in [5, 5.41) is 0.783. The number of benzene rings is 1. The molecule has 0 aliphatic carbocycles. The van der Waals surface area contributed by atoms with Crippen LogP contribution in [0.15, 0.2) is 42.6 Å². The molecule has 0 saturated carbocycles. The van der Waals surface area contributed by atoms with Crippen LogP contribution < -0.4 is 0 Å². The van der Waals surface area contributed by atoms with Crippen molar-refractivity contribution in [3.05, 3.63) is 57.4 Å². The number of aromatic nitrogens is 1. The van der Waals surface area contributed by atoms with E-state index in [1.807, 2.05) is 24.3 Å². The molecule has 0 saturated heterocycles. The summed E-state index contributed by atoms with van der Waals surface area (Å²) in [6.45, 7) is 1.53. The van der Waals surface area contributed by atoms with Crippen molar-refractivity contribution in [2.75, 3.05) is 0 Å². The Labute approximate surface area is 158 Å². The fourth-order valence-electron chi connectivity index (χ4n) is 2.61. The Kier molecular flexibility index (Phi) is 5.54. The first-order valence-corrected chi connectivity index (χ1v) is 9.23. The maximum Gasteiger partial charge on any atom is 0.306 e. The van der Waals surface area contributed by atoms with Gasteiger partial charge >= 0.3 is 5.97 Å². The van der Waals surface area contributed by atoms with Crippen LogP contribution in [0.25, 0.3) is 10.9 Å². The van der Waals surface area contributed by atoms with Gasteiger partial charge in [0.05, 0.1) is 15.6 Å². The standard InChI is InChI=1S/C19H16ClNO4S/c1-11(19(24)13-10-21-14-5-3-2-4-12(13)14)25-18(23)9-6-15(22)16-7-8-17(20)26-16/h2-5,7-8,10-11,21H,6,9H2,1H3. The fraction of sp³-hybridized carbons (Fsp3) is 0.211. The summed E-state index contributed by atoms with van der Waals surface area (Å²) >= 11 is 6.97. The Morgan fingerprint density at radius 1 is 1.15 bits per heavy atom. The number of carbonyl (C=O) groups excluding carboxylic acids is 3. The highest BCUT2D eigenvalue weighted by molar-refractivity contribution is 7.18. The molecule has 2 heterocycles. The number of esters is 1. The Bertz CT molecular complexity index is 975. The fourth-order valence-corrected chi connectivity index (χ4v) is 3.62. The molecule has 1 unspecified atom stereocenters. The van der Waals surface area contributed by atoms with E-state index in [0.717, 1.165) is 10.9 Å². The van der Waals surface area contributed by atoms with Crippen LogP contribution in [-0.2, 0) is 9.53 Å². The van der Waals surface area contributed by atoms with Gasteiger partial charge in [0.25, 0.3) is 0 Å². The Hall–Kier alpha value is -2.44. The van der Waals surface area contributed by atoms with Crippen LogP contribution >= 0.6 is 22.9 Å². The van der Waals surface area contributed by atoms with Crippen LogP contribution in [0, 0.1) is 0 Å². The quantitative estimate of drug-likeness (QED) is 0.471. The molecular formula is C19H16ClNO4S. The summed E-state index contributed by atoms with van der Waals surface area (Å²) in [5.74, 6) is -1.04. The van der Waals surface area contributed by atoms with Gasteiger partial charge in [-0.15, -0.1) is 11.3 Å². The molecule has 1 N–H and O–H groups in total. The van der Waals surface area contributed by atoms with E-state index in [2.05, 4.69) is 4.98 Å². The summed E-state index contributed by atoms with van der Waals surface area (Å²) in [6.07, 6.45) is 0.623. The number of ether oxygens (including phenoxy) is 1. The molecule has 0 aliphatic rings. The lowest BCUT2D eigenvalue weighted by molar-refractivity contribution is -0.146. The van der Waals surface area contributed by atoms with Gasteiger partial charge in [-0.2, -0.15) is 0 Å². The number of H-pyrrole nitrogens is 1. The van der Waals surface area contributed by atoms with Gasteiger partial charge in [-0.1, -0.05) is 29.8 Å². The number of para-hydroxylation sites is 1. The van der Waals surface area contributed by atoms with Crippen LogP contribution in [-0.4, -0.2) is 28.6 Å². The molecule has 0 bridgehead atoms. The van der Waals surface area contributed by atoms with Crippen molar-refractivity contribution in [3.8, 4) is 0 Å². The van der Waals surface area contributed by atoms with Crippen molar-refractivity contribution in [1.29, 1.82) is 0 Å². The monoisotopic (exact) mass is 389 g/mol. The van der Waals surface area contributed by atoms with Gasteiger partial charge in [0.1, 0.15) is 0 Å². The lowest BCUT2D eigenvalue weighted by Crippen LogP contribution is -2.24. The third-order valence-corrected chi connectivity index (χ3v) is 5.21. The zero-order valence-electron chi connectivity index (χ0n) is 14.0. The van der Waals surface area contributed by atoms with Crippen molar-refractivity contribution in [2.45, 2.75) is 25.9 Å². The summed E-state index contributed by atoms with van der Waals surface area (Å²) in [5.41, 5.74) is 1.32. The number of ketones is 2. The zero-order chi connectivity index (χ0) is 18.7. The van der Waals surface area contributed by atoms with E-state index in [-0.39, 0.29) is 24.4 Å². The first-order valence-electron chi connectivity index (χ1n) is 8.04. The van der Waals surface area contributed by atoms with Crippen molar-refractivity contribution < 1.29 is 19.1 Å². The molecule has 26 heavy (non-hydrogen) atoms. The van der Waals surface area contributed by atoms with Gasteiger partial charge < -0.3 is 9.72 Å².